The first kappa shape index (κ1) is 19.8. The van der Waals surface area contributed by atoms with E-state index in [0.29, 0.717) is 13.1 Å². The summed E-state index contributed by atoms with van der Waals surface area (Å²) in [7, 11) is 2.11. The zero-order valence-corrected chi connectivity index (χ0v) is 17.7. The summed E-state index contributed by atoms with van der Waals surface area (Å²) in [6, 6.07) is 8.11. The second-order valence-electron chi connectivity index (χ2n) is 9.54. The smallest absolute Gasteiger partial charge is 0.242 e. The van der Waals surface area contributed by atoms with Gasteiger partial charge in [0.25, 0.3) is 0 Å². The number of carbonyl (C=O) groups is 2. The fourth-order valence-electron chi connectivity index (χ4n) is 5.63. The van der Waals surface area contributed by atoms with Gasteiger partial charge >= 0.3 is 0 Å². The number of hydrogen-bond acceptors (Lipinski definition) is 4. The molecular weight excluding hydrogens is 378 g/mol. The summed E-state index contributed by atoms with van der Waals surface area (Å²) >= 11 is 0. The van der Waals surface area contributed by atoms with E-state index in [4.69, 9.17) is 0 Å². The number of hydrogen-bond donors (Lipinski definition) is 1. The summed E-state index contributed by atoms with van der Waals surface area (Å²) in [5, 5.41) is 11.1. The summed E-state index contributed by atoms with van der Waals surface area (Å²) < 4.78 is 1.95. The van der Waals surface area contributed by atoms with Gasteiger partial charge in [-0.05, 0) is 51.8 Å². The lowest BCUT2D eigenvalue weighted by Gasteiger charge is -2.53. The van der Waals surface area contributed by atoms with Crippen LogP contribution in [0.15, 0.2) is 30.5 Å². The molecule has 1 aromatic carbocycles. The van der Waals surface area contributed by atoms with E-state index in [1.807, 2.05) is 39.9 Å². The molecule has 1 amide bonds. The van der Waals surface area contributed by atoms with Crippen LogP contribution < -0.4 is 0 Å². The van der Waals surface area contributed by atoms with Crippen molar-refractivity contribution in [3.8, 4) is 0 Å². The van der Waals surface area contributed by atoms with Crippen molar-refractivity contribution in [3.05, 3.63) is 36.0 Å². The summed E-state index contributed by atoms with van der Waals surface area (Å²) in [6.45, 7) is 2.82. The van der Waals surface area contributed by atoms with Crippen LogP contribution >= 0.6 is 0 Å². The average molecular weight is 410 g/mol. The van der Waals surface area contributed by atoms with Crippen LogP contribution in [0, 0.1) is 11.3 Å². The van der Waals surface area contributed by atoms with Crippen LogP contribution in [0.2, 0.25) is 0 Å². The molecule has 3 fully saturated rings. The van der Waals surface area contributed by atoms with Crippen molar-refractivity contribution in [2.45, 2.75) is 44.7 Å². The monoisotopic (exact) mass is 409 g/mol. The van der Waals surface area contributed by atoms with E-state index in [1.54, 1.807) is 0 Å². The van der Waals surface area contributed by atoms with Gasteiger partial charge < -0.3 is 19.5 Å². The molecule has 6 heteroatoms. The Balaban J connectivity index is 1.37. The number of rotatable bonds is 5. The Hall–Kier alpha value is -2.18. The number of amides is 1. The Labute approximate surface area is 177 Å². The molecule has 1 saturated carbocycles. The summed E-state index contributed by atoms with van der Waals surface area (Å²) in [5.41, 5.74) is 1.63. The summed E-state index contributed by atoms with van der Waals surface area (Å²) in [6.07, 6.45) is 6.84. The third-order valence-corrected chi connectivity index (χ3v) is 7.67. The molecular formula is C24H31N3O3. The minimum absolute atomic E-state index is 0.0756. The average Bonchev–Trinajstić information content (AvgIpc) is 3.56. The molecule has 160 valence electrons. The van der Waals surface area contributed by atoms with E-state index in [2.05, 4.69) is 11.9 Å². The molecule has 1 aliphatic carbocycles. The van der Waals surface area contributed by atoms with Crippen LogP contribution in [0.5, 0.6) is 0 Å². The standard InChI is InChI=1S/C24H31N3O3/c1-25-11-4-9-24(16-28)10-12-26(14-21(24)25)22(29)15-27-13-19(23(30)17-7-8-17)18-5-2-3-6-20(18)27/h2-3,5-6,13,17,21,28H,4,7-12,14-16H2,1H3/t21-,24-/m1/s1. The molecule has 0 bridgehead atoms. The zero-order valence-electron chi connectivity index (χ0n) is 17.7. The van der Waals surface area contributed by atoms with Crippen molar-refractivity contribution < 1.29 is 14.7 Å². The summed E-state index contributed by atoms with van der Waals surface area (Å²) in [5.74, 6) is 0.467. The van der Waals surface area contributed by atoms with Crippen LogP contribution in [-0.4, -0.2) is 70.5 Å². The molecule has 0 spiro atoms. The van der Waals surface area contributed by atoms with Crippen molar-refractivity contribution in [2.75, 3.05) is 33.3 Å². The van der Waals surface area contributed by atoms with Crippen molar-refractivity contribution in [3.63, 3.8) is 0 Å². The predicted molar refractivity (Wildman–Crippen MR) is 115 cm³/mol. The SMILES string of the molecule is CN1CCC[C@]2(CO)CCN(C(=O)Cn3cc(C(=O)C4CC4)c4ccccc43)C[C@@H]12. The quantitative estimate of drug-likeness (QED) is 0.771. The first-order valence-corrected chi connectivity index (χ1v) is 11.2. The third kappa shape index (κ3) is 3.26. The van der Waals surface area contributed by atoms with Gasteiger partial charge in [0.05, 0.1) is 6.61 Å². The number of aliphatic hydroxyl groups is 1. The van der Waals surface area contributed by atoms with Crippen molar-refractivity contribution in [1.82, 2.24) is 14.4 Å². The molecule has 3 aliphatic rings. The number of likely N-dealkylation sites (tertiary alicyclic amines) is 2. The Bertz CT molecular complexity index is 979. The highest BCUT2D eigenvalue weighted by Gasteiger charge is 2.47. The third-order valence-electron chi connectivity index (χ3n) is 7.67. The number of nitrogens with zero attached hydrogens (tertiary/aromatic N) is 3. The molecule has 30 heavy (non-hydrogen) atoms. The van der Waals surface area contributed by atoms with E-state index in [1.165, 1.54) is 0 Å². The molecule has 3 heterocycles. The first-order chi connectivity index (χ1) is 14.5. The molecule has 2 aromatic rings. The molecule has 1 N–H and O–H groups in total. The number of benzene rings is 1. The number of likely N-dealkylation sites (N-methyl/N-ethyl adjacent to an activating group) is 1. The number of fused-ring (bicyclic) bond motifs is 2. The van der Waals surface area contributed by atoms with Crippen LogP contribution in [0.3, 0.4) is 0 Å². The second-order valence-corrected chi connectivity index (χ2v) is 9.54. The maximum atomic E-state index is 13.2. The topological polar surface area (TPSA) is 65.8 Å². The molecule has 0 unspecified atom stereocenters. The maximum absolute atomic E-state index is 13.2. The number of aliphatic hydroxyl groups excluding tert-OH is 1. The highest BCUT2D eigenvalue weighted by molar-refractivity contribution is 6.10. The summed E-state index contributed by atoms with van der Waals surface area (Å²) in [4.78, 5) is 30.3. The fourth-order valence-corrected chi connectivity index (χ4v) is 5.63. The molecule has 5 rings (SSSR count). The Morgan fingerprint density at radius 3 is 2.73 bits per heavy atom. The number of para-hydroxylation sites is 1. The van der Waals surface area contributed by atoms with Gasteiger partial charge in [0.1, 0.15) is 6.54 Å². The van der Waals surface area contributed by atoms with Crippen molar-refractivity contribution in [1.29, 1.82) is 0 Å². The van der Waals surface area contributed by atoms with Gasteiger partial charge in [-0.2, -0.15) is 0 Å². The van der Waals surface area contributed by atoms with Gasteiger partial charge in [-0.3, -0.25) is 9.59 Å². The Morgan fingerprint density at radius 1 is 1.17 bits per heavy atom. The highest BCUT2D eigenvalue weighted by Crippen LogP contribution is 2.41. The number of carbonyl (C=O) groups excluding carboxylic acids is 2. The minimum Gasteiger partial charge on any atom is -0.396 e. The van der Waals surface area contributed by atoms with E-state index < -0.39 is 0 Å². The van der Waals surface area contributed by atoms with E-state index in [0.717, 1.165) is 55.1 Å². The van der Waals surface area contributed by atoms with Gasteiger partial charge in [0.15, 0.2) is 5.78 Å². The molecule has 6 nitrogen and oxygen atoms in total. The van der Waals surface area contributed by atoms with Crippen LogP contribution in [0.25, 0.3) is 10.9 Å². The van der Waals surface area contributed by atoms with Gasteiger partial charge in [0.2, 0.25) is 5.91 Å². The number of ketones is 1. The highest BCUT2D eigenvalue weighted by atomic mass is 16.3. The lowest BCUT2D eigenvalue weighted by atomic mass is 9.69. The van der Waals surface area contributed by atoms with Gasteiger partial charge in [0, 0.05) is 53.1 Å². The molecule has 2 saturated heterocycles. The molecule has 1 aromatic heterocycles. The number of piperidine rings is 2. The van der Waals surface area contributed by atoms with E-state index in [9.17, 15) is 14.7 Å². The van der Waals surface area contributed by atoms with Gasteiger partial charge in [-0.25, -0.2) is 0 Å². The van der Waals surface area contributed by atoms with Gasteiger partial charge in [-0.1, -0.05) is 18.2 Å². The van der Waals surface area contributed by atoms with Crippen molar-refractivity contribution in [2.24, 2.45) is 11.3 Å². The van der Waals surface area contributed by atoms with Crippen molar-refractivity contribution >= 4 is 22.6 Å². The largest absolute Gasteiger partial charge is 0.396 e. The molecule has 2 aliphatic heterocycles. The van der Waals surface area contributed by atoms with Gasteiger partial charge in [-0.15, -0.1) is 0 Å². The number of aromatic nitrogens is 1. The molecule has 0 radical (unpaired) electrons. The lowest BCUT2D eigenvalue weighted by Crippen LogP contribution is -2.62. The normalized spacial score (nSPS) is 27.3. The Kier molecular flexibility index (Phi) is 4.94. The predicted octanol–water partition coefficient (Wildman–Crippen LogP) is 2.54. The zero-order chi connectivity index (χ0) is 20.9. The first-order valence-electron chi connectivity index (χ1n) is 11.2. The Morgan fingerprint density at radius 2 is 1.97 bits per heavy atom. The molecule has 2 atom stereocenters. The van der Waals surface area contributed by atoms with E-state index >= 15 is 0 Å². The maximum Gasteiger partial charge on any atom is 0.242 e. The fraction of sp³-hybridized carbons (Fsp3) is 0.583. The number of Topliss-reactive ketones (excluding diaryl/α,β-unsaturated/α-hetero) is 1. The van der Waals surface area contributed by atoms with Crippen LogP contribution in [0.1, 0.15) is 42.5 Å². The van der Waals surface area contributed by atoms with Crippen LogP contribution in [0.4, 0.5) is 0 Å². The second kappa shape index (κ2) is 7.50. The van der Waals surface area contributed by atoms with Crippen LogP contribution in [-0.2, 0) is 11.3 Å². The minimum atomic E-state index is -0.0756. The van der Waals surface area contributed by atoms with E-state index in [-0.39, 0.29) is 42.2 Å². The lowest BCUT2D eigenvalue weighted by molar-refractivity contribution is -0.140.